The molecule has 1 unspecified atom stereocenters. The van der Waals surface area contributed by atoms with Crippen LogP contribution in [0.1, 0.15) is 18.6 Å². The number of rotatable bonds is 2. The molecule has 0 aliphatic rings. The van der Waals surface area contributed by atoms with E-state index in [2.05, 4.69) is 5.92 Å². The Kier molecular flexibility index (Phi) is 2.15. The molecule has 0 radical (unpaired) electrons. The van der Waals surface area contributed by atoms with E-state index in [0.29, 0.717) is 5.76 Å². The molecule has 0 spiro atoms. The first kappa shape index (κ1) is 8.34. The van der Waals surface area contributed by atoms with Crippen LogP contribution < -0.4 is 0 Å². The van der Waals surface area contributed by atoms with Crippen molar-refractivity contribution < 1.29 is 9.34 Å². The summed E-state index contributed by atoms with van der Waals surface area (Å²) >= 11 is 0. The van der Waals surface area contributed by atoms with Crippen LogP contribution >= 0.6 is 0 Å². The van der Waals surface area contributed by atoms with Gasteiger partial charge in [0.15, 0.2) is 0 Å². The molecule has 1 heterocycles. The maximum absolute atomic E-state index is 10.2. The van der Waals surface area contributed by atoms with Crippen molar-refractivity contribution in [1.29, 1.82) is 0 Å². The summed E-state index contributed by atoms with van der Waals surface area (Å²) in [4.78, 5) is 9.59. The van der Waals surface area contributed by atoms with Gasteiger partial charge in [-0.1, -0.05) is 5.92 Å². The van der Waals surface area contributed by atoms with E-state index in [1.165, 1.54) is 12.1 Å². The third-order valence-electron chi connectivity index (χ3n) is 1.47. The second kappa shape index (κ2) is 3.09. The standard InChI is InChI=1S/C8H7NO3/c1-3-6(2)7-4-5-8(12-7)9(10)11/h1,4-6H,2H3. The van der Waals surface area contributed by atoms with Crippen LogP contribution in [-0.2, 0) is 0 Å². The van der Waals surface area contributed by atoms with E-state index in [1.807, 2.05) is 0 Å². The van der Waals surface area contributed by atoms with Crippen molar-refractivity contribution >= 4 is 5.88 Å². The summed E-state index contributed by atoms with van der Waals surface area (Å²) in [5.74, 6) is 2.37. The molecule has 1 atom stereocenters. The van der Waals surface area contributed by atoms with Crippen molar-refractivity contribution in [2.24, 2.45) is 0 Å². The quantitative estimate of drug-likeness (QED) is 0.382. The van der Waals surface area contributed by atoms with Gasteiger partial charge in [0.05, 0.1) is 12.0 Å². The van der Waals surface area contributed by atoms with Crippen LogP contribution in [0.3, 0.4) is 0 Å². The molecule has 1 aromatic heterocycles. The molecule has 0 aliphatic carbocycles. The van der Waals surface area contributed by atoms with Gasteiger partial charge in [-0.15, -0.1) is 6.42 Å². The lowest BCUT2D eigenvalue weighted by molar-refractivity contribution is -0.402. The molecule has 0 N–H and O–H groups in total. The summed E-state index contributed by atoms with van der Waals surface area (Å²) in [6.45, 7) is 1.74. The molecular weight excluding hydrogens is 158 g/mol. The van der Waals surface area contributed by atoms with Crippen LogP contribution in [0.4, 0.5) is 5.88 Å². The van der Waals surface area contributed by atoms with Gasteiger partial charge in [-0.25, -0.2) is 0 Å². The summed E-state index contributed by atoms with van der Waals surface area (Å²) in [6.07, 6.45) is 5.11. The van der Waals surface area contributed by atoms with E-state index >= 15 is 0 Å². The van der Waals surface area contributed by atoms with Crippen molar-refractivity contribution in [2.45, 2.75) is 12.8 Å². The van der Waals surface area contributed by atoms with Crippen molar-refractivity contribution in [1.82, 2.24) is 0 Å². The van der Waals surface area contributed by atoms with E-state index in [9.17, 15) is 10.1 Å². The summed E-state index contributed by atoms with van der Waals surface area (Å²) in [7, 11) is 0. The minimum atomic E-state index is -0.591. The zero-order valence-corrected chi connectivity index (χ0v) is 6.48. The SMILES string of the molecule is C#CC(C)c1ccc([N+](=O)[O-])o1. The van der Waals surface area contributed by atoms with Crippen LogP contribution in [0.15, 0.2) is 16.5 Å². The lowest BCUT2D eigenvalue weighted by Crippen LogP contribution is -1.86. The van der Waals surface area contributed by atoms with Crippen LogP contribution in [0, 0.1) is 22.5 Å². The minimum Gasteiger partial charge on any atom is -0.405 e. The van der Waals surface area contributed by atoms with Crippen LogP contribution in [-0.4, -0.2) is 4.92 Å². The Labute approximate surface area is 69.3 Å². The van der Waals surface area contributed by atoms with Gasteiger partial charge in [0, 0.05) is 0 Å². The fourth-order valence-corrected chi connectivity index (χ4v) is 0.755. The molecule has 0 aromatic carbocycles. The Morgan fingerprint density at radius 1 is 1.75 bits per heavy atom. The molecule has 0 fully saturated rings. The number of nitrogens with zero attached hydrogens (tertiary/aromatic N) is 1. The Bertz CT molecular complexity index is 334. The second-order valence-electron chi connectivity index (χ2n) is 2.32. The predicted octanol–water partition coefficient (Wildman–Crippen LogP) is 1.92. The molecule has 0 aliphatic heterocycles. The average Bonchev–Trinajstić information content (AvgIpc) is 2.51. The molecule has 4 heteroatoms. The number of hydrogen-bond acceptors (Lipinski definition) is 3. The summed E-state index contributed by atoms with van der Waals surface area (Å²) in [5.41, 5.74) is 0. The van der Waals surface area contributed by atoms with Gasteiger partial charge >= 0.3 is 5.88 Å². The smallest absolute Gasteiger partial charge is 0.405 e. The van der Waals surface area contributed by atoms with Crippen LogP contribution in [0.5, 0.6) is 0 Å². The van der Waals surface area contributed by atoms with Gasteiger partial charge in [-0.05, 0) is 13.0 Å². The predicted molar refractivity (Wildman–Crippen MR) is 42.6 cm³/mol. The highest BCUT2D eigenvalue weighted by Crippen LogP contribution is 2.21. The third-order valence-corrected chi connectivity index (χ3v) is 1.47. The first-order chi connectivity index (χ1) is 5.65. The molecule has 0 saturated heterocycles. The fourth-order valence-electron chi connectivity index (χ4n) is 0.755. The largest absolute Gasteiger partial charge is 0.433 e. The van der Waals surface area contributed by atoms with Crippen molar-refractivity contribution in [3.63, 3.8) is 0 Å². The Balaban J connectivity index is 2.93. The van der Waals surface area contributed by atoms with Crippen molar-refractivity contribution in [3.8, 4) is 12.3 Å². The normalized spacial score (nSPS) is 12.0. The maximum Gasteiger partial charge on any atom is 0.433 e. The fraction of sp³-hybridized carbons (Fsp3) is 0.250. The van der Waals surface area contributed by atoms with Crippen molar-refractivity contribution in [2.75, 3.05) is 0 Å². The molecule has 0 amide bonds. The highest BCUT2D eigenvalue weighted by Gasteiger charge is 2.14. The Morgan fingerprint density at radius 3 is 2.83 bits per heavy atom. The Morgan fingerprint density at radius 2 is 2.42 bits per heavy atom. The Hall–Kier alpha value is -1.76. The summed E-state index contributed by atoms with van der Waals surface area (Å²) in [6, 6.07) is 2.81. The molecular formula is C8H7NO3. The third kappa shape index (κ3) is 1.45. The topological polar surface area (TPSA) is 56.3 Å². The van der Waals surface area contributed by atoms with E-state index in [1.54, 1.807) is 6.92 Å². The molecule has 62 valence electrons. The van der Waals surface area contributed by atoms with Gasteiger partial charge in [0.1, 0.15) is 10.7 Å². The van der Waals surface area contributed by atoms with Crippen LogP contribution in [0.25, 0.3) is 0 Å². The first-order valence-electron chi connectivity index (χ1n) is 3.35. The highest BCUT2D eigenvalue weighted by molar-refractivity contribution is 5.23. The summed E-state index contributed by atoms with van der Waals surface area (Å²) in [5, 5.41) is 10.2. The second-order valence-corrected chi connectivity index (χ2v) is 2.32. The van der Waals surface area contributed by atoms with E-state index in [-0.39, 0.29) is 11.8 Å². The molecule has 1 aromatic rings. The molecule has 0 saturated carbocycles. The maximum atomic E-state index is 10.2. The lowest BCUT2D eigenvalue weighted by atomic mass is 10.1. The lowest BCUT2D eigenvalue weighted by Gasteiger charge is -1.94. The van der Waals surface area contributed by atoms with Gasteiger partial charge in [0.2, 0.25) is 0 Å². The molecule has 12 heavy (non-hydrogen) atoms. The van der Waals surface area contributed by atoms with E-state index in [4.69, 9.17) is 10.8 Å². The molecule has 1 rings (SSSR count). The van der Waals surface area contributed by atoms with Crippen LogP contribution in [0.2, 0.25) is 0 Å². The van der Waals surface area contributed by atoms with Gasteiger partial charge in [-0.2, -0.15) is 0 Å². The zero-order chi connectivity index (χ0) is 9.14. The number of nitro groups is 1. The molecule has 0 bridgehead atoms. The van der Waals surface area contributed by atoms with Crippen molar-refractivity contribution in [3.05, 3.63) is 28.0 Å². The van der Waals surface area contributed by atoms with E-state index in [0.717, 1.165) is 0 Å². The summed E-state index contributed by atoms with van der Waals surface area (Å²) < 4.78 is 4.86. The van der Waals surface area contributed by atoms with Gasteiger partial charge in [-0.3, -0.25) is 10.1 Å². The molecule has 4 nitrogen and oxygen atoms in total. The monoisotopic (exact) mass is 165 g/mol. The minimum absolute atomic E-state index is 0.223. The van der Waals surface area contributed by atoms with Gasteiger partial charge in [0.25, 0.3) is 0 Å². The average molecular weight is 165 g/mol. The highest BCUT2D eigenvalue weighted by atomic mass is 16.6. The first-order valence-corrected chi connectivity index (χ1v) is 3.35. The zero-order valence-electron chi connectivity index (χ0n) is 6.48. The number of hydrogen-bond donors (Lipinski definition) is 0. The number of furan rings is 1. The number of terminal acetylenes is 1. The van der Waals surface area contributed by atoms with Gasteiger partial charge < -0.3 is 4.42 Å². The van der Waals surface area contributed by atoms with E-state index < -0.39 is 4.92 Å².